The first kappa shape index (κ1) is 16.8. The third-order valence-corrected chi connectivity index (χ3v) is 3.86. The minimum absolute atomic E-state index is 0.0719. The molecule has 0 saturated heterocycles. The molecule has 2 aromatic carbocycles. The Bertz CT molecular complexity index is 839. The molecule has 1 heterocycles. The van der Waals surface area contributed by atoms with E-state index in [1.54, 1.807) is 29.6 Å². The van der Waals surface area contributed by atoms with Crippen LogP contribution >= 0.6 is 11.3 Å². The van der Waals surface area contributed by atoms with E-state index in [0.717, 1.165) is 0 Å². The fourth-order valence-corrected chi connectivity index (χ4v) is 2.71. The van der Waals surface area contributed by atoms with Crippen molar-refractivity contribution in [2.45, 2.75) is 6.61 Å². The number of alkyl halides is 2. The van der Waals surface area contributed by atoms with Gasteiger partial charge >= 0.3 is 6.61 Å². The molecule has 25 heavy (non-hydrogen) atoms. The molecule has 1 aromatic heterocycles. The van der Waals surface area contributed by atoms with Crippen LogP contribution in [0, 0.1) is 0 Å². The molecule has 2 N–H and O–H groups in total. The summed E-state index contributed by atoms with van der Waals surface area (Å²) in [6.07, 6.45) is 0. The minimum atomic E-state index is -2.86. The summed E-state index contributed by atoms with van der Waals surface area (Å²) in [6, 6.07) is 15.1. The van der Waals surface area contributed by atoms with Crippen molar-refractivity contribution in [3.63, 3.8) is 0 Å². The van der Waals surface area contributed by atoms with Crippen LogP contribution in [0.3, 0.4) is 0 Å². The summed E-state index contributed by atoms with van der Waals surface area (Å²) in [5.41, 5.74) is 1.62. The second-order valence-corrected chi connectivity index (χ2v) is 5.74. The van der Waals surface area contributed by atoms with Crippen molar-refractivity contribution in [2.24, 2.45) is 0 Å². The van der Waals surface area contributed by atoms with E-state index in [9.17, 15) is 13.6 Å². The number of nitrogens with zero attached hydrogens (tertiary/aromatic N) is 1. The predicted octanol–water partition coefficient (Wildman–Crippen LogP) is 4.74. The van der Waals surface area contributed by atoms with E-state index < -0.39 is 6.61 Å². The Morgan fingerprint density at radius 2 is 1.76 bits per heavy atom. The molecule has 0 aliphatic rings. The molecular formula is C17H13F2N3O2S. The number of carbonyl (C=O) groups is 1. The second-order valence-electron chi connectivity index (χ2n) is 4.89. The fourth-order valence-electron chi connectivity index (χ4n) is 2.00. The SMILES string of the molecule is O=C(Nc1ccccc1)c1csc(Nc2ccc(OC(F)F)cc2)n1. The van der Waals surface area contributed by atoms with Crippen LogP contribution in [0.25, 0.3) is 0 Å². The van der Waals surface area contributed by atoms with Crippen LogP contribution in [-0.2, 0) is 0 Å². The Labute approximate surface area is 146 Å². The van der Waals surface area contributed by atoms with E-state index in [-0.39, 0.29) is 17.4 Å². The maximum atomic E-state index is 12.1. The van der Waals surface area contributed by atoms with Crippen molar-refractivity contribution in [3.8, 4) is 5.75 Å². The van der Waals surface area contributed by atoms with Gasteiger partial charge in [-0.1, -0.05) is 18.2 Å². The first-order valence-corrected chi connectivity index (χ1v) is 8.12. The van der Waals surface area contributed by atoms with Crippen molar-refractivity contribution < 1.29 is 18.3 Å². The number of anilines is 3. The standard InChI is InChI=1S/C17H13F2N3O2S/c18-16(19)24-13-8-6-12(7-9-13)21-17-22-14(10-25-17)15(23)20-11-4-2-1-3-5-11/h1-10,16H,(H,20,23)(H,21,22). The van der Waals surface area contributed by atoms with Crippen LogP contribution in [0.5, 0.6) is 5.75 Å². The van der Waals surface area contributed by atoms with E-state index in [1.165, 1.54) is 23.5 Å². The third-order valence-electron chi connectivity index (χ3n) is 3.10. The number of rotatable bonds is 6. The Hall–Kier alpha value is -3.00. The number of amides is 1. The molecule has 5 nitrogen and oxygen atoms in total. The molecule has 0 bridgehead atoms. The van der Waals surface area contributed by atoms with Gasteiger partial charge in [-0.3, -0.25) is 4.79 Å². The van der Waals surface area contributed by atoms with Gasteiger partial charge in [-0.2, -0.15) is 8.78 Å². The van der Waals surface area contributed by atoms with Crippen LogP contribution in [0.15, 0.2) is 60.0 Å². The lowest BCUT2D eigenvalue weighted by molar-refractivity contribution is -0.0498. The van der Waals surface area contributed by atoms with Crippen molar-refractivity contribution >= 4 is 33.8 Å². The van der Waals surface area contributed by atoms with Gasteiger partial charge in [0, 0.05) is 16.8 Å². The highest BCUT2D eigenvalue weighted by Crippen LogP contribution is 2.24. The van der Waals surface area contributed by atoms with E-state index in [1.807, 2.05) is 18.2 Å². The number of carbonyl (C=O) groups excluding carboxylic acids is 1. The molecule has 0 spiro atoms. The molecule has 3 rings (SSSR count). The maximum absolute atomic E-state index is 12.1. The van der Waals surface area contributed by atoms with E-state index >= 15 is 0 Å². The second kappa shape index (κ2) is 7.71. The lowest BCUT2D eigenvalue weighted by Crippen LogP contribution is -2.12. The number of hydrogen-bond acceptors (Lipinski definition) is 5. The van der Waals surface area contributed by atoms with Gasteiger partial charge in [0.1, 0.15) is 11.4 Å². The Morgan fingerprint density at radius 3 is 2.44 bits per heavy atom. The first-order chi connectivity index (χ1) is 12.1. The number of hydrogen-bond donors (Lipinski definition) is 2. The number of thiazole rings is 1. The zero-order chi connectivity index (χ0) is 17.6. The molecule has 0 unspecified atom stereocenters. The average Bonchev–Trinajstić information content (AvgIpc) is 3.06. The molecule has 128 valence electrons. The summed E-state index contributed by atoms with van der Waals surface area (Å²) >= 11 is 1.26. The van der Waals surface area contributed by atoms with E-state index in [4.69, 9.17) is 0 Å². The summed E-state index contributed by atoms with van der Waals surface area (Å²) in [7, 11) is 0. The molecule has 0 saturated carbocycles. The van der Waals surface area contributed by atoms with Gasteiger partial charge in [0.25, 0.3) is 5.91 Å². The van der Waals surface area contributed by atoms with Crippen LogP contribution in [0.4, 0.5) is 25.3 Å². The molecule has 0 radical (unpaired) electrons. The van der Waals surface area contributed by atoms with Crippen LogP contribution in [0.2, 0.25) is 0 Å². The summed E-state index contributed by atoms with van der Waals surface area (Å²) in [5.74, 6) is -0.237. The number of ether oxygens (including phenoxy) is 1. The highest BCUT2D eigenvalue weighted by atomic mass is 32.1. The van der Waals surface area contributed by atoms with Crippen molar-refractivity contribution in [1.82, 2.24) is 4.98 Å². The van der Waals surface area contributed by atoms with E-state index in [2.05, 4.69) is 20.4 Å². The molecule has 8 heteroatoms. The van der Waals surface area contributed by atoms with Gasteiger partial charge in [-0.05, 0) is 36.4 Å². The highest BCUT2D eigenvalue weighted by Gasteiger charge is 2.11. The largest absolute Gasteiger partial charge is 0.435 e. The number of aromatic nitrogens is 1. The fraction of sp³-hybridized carbons (Fsp3) is 0.0588. The van der Waals surface area contributed by atoms with Crippen molar-refractivity contribution in [3.05, 3.63) is 65.7 Å². The molecule has 3 aromatic rings. The summed E-state index contributed by atoms with van der Waals surface area (Å²) in [4.78, 5) is 16.4. The third kappa shape index (κ3) is 4.74. The highest BCUT2D eigenvalue weighted by molar-refractivity contribution is 7.14. The van der Waals surface area contributed by atoms with Crippen LogP contribution in [0.1, 0.15) is 10.5 Å². The quantitative estimate of drug-likeness (QED) is 0.666. The molecule has 0 atom stereocenters. The van der Waals surface area contributed by atoms with Gasteiger partial charge in [-0.25, -0.2) is 4.98 Å². The lowest BCUT2D eigenvalue weighted by atomic mass is 10.3. The molecule has 1 amide bonds. The van der Waals surface area contributed by atoms with Gasteiger partial charge < -0.3 is 15.4 Å². The number of halogens is 2. The van der Waals surface area contributed by atoms with Gasteiger partial charge in [0.15, 0.2) is 5.13 Å². The number of nitrogens with one attached hydrogen (secondary N) is 2. The minimum Gasteiger partial charge on any atom is -0.435 e. The topological polar surface area (TPSA) is 63.2 Å². The maximum Gasteiger partial charge on any atom is 0.387 e. The number of para-hydroxylation sites is 1. The summed E-state index contributed by atoms with van der Waals surface area (Å²) in [5, 5.41) is 7.91. The normalized spacial score (nSPS) is 10.5. The lowest BCUT2D eigenvalue weighted by Gasteiger charge is -2.06. The van der Waals surface area contributed by atoms with E-state index in [0.29, 0.717) is 16.5 Å². The zero-order valence-electron chi connectivity index (χ0n) is 12.8. The molecule has 0 fully saturated rings. The molecule has 0 aliphatic carbocycles. The number of benzene rings is 2. The Morgan fingerprint density at radius 1 is 1.04 bits per heavy atom. The monoisotopic (exact) mass is 361 g/mol. The smallest absolute Gasteiger partial charge is 0.387 e. The molecular weight excluding hydrogens is 348 g/mol. The average molecular weight is 361 g/mol. The summed E-state index contributed by atoms with van der Waals surface area (Å²) in [6.45, 7) is -2.86. The van der Waals surface area contributed by atoms with Crippen molar-refractivity contribution in [1.29, 1.82) is 0 Å². The Balaban J connectivity index is 1.62. The predicted molar refractivity (Wildman–Crippen MR) is 92.9 cm³/mol. The molecule has 0 aliphatic heterocycles. The first-order valence-electron chi connectivity index (χ1n) is 7.24. The van der Waals surface area contributed by atoms with Gasteiger partial charge in [-0.15, -0.1) is 11.3 Å². The summed E-state index contributed by atoms with van der Waals surface area (Å²) < 4.78 is 28.5. The zero-order valence-corrected chi connectivity index (χ0v) is 13.6. The van der Waals surface area contributed by atoms with Crippen LogP contribution < -0.4 is 15.4 Å². The Kier molecular flexibility index (Phi) is 5.20. The van der Waals surface area contributed by atoms with Crippen LogP contribution in [-0.4, -0.2) is 17.5 Å². The van der Waals surface area contributed by atoms with Crippen molar-refractivity contribution in [2.75, 3.05) is 10.6 Å². The van der Waals surface area contributed by atoms with Gasteiger partial charge in [0.05, 0.1) is 0 Å². The van der Waals surface area contributed by atoms with Gasteiger partial charge in [0.2, 0.25) is 0 Å².